The standard InChI is InChI=1S/C13H28N2O2.H2/c1-5-10-15(7-3)11-8-9-14-13(16)17-12(4)6-2;/h12H,5-11H2,1-4H3,(H,14,16);1H. The molecular formula is C13H30N2O2. The van der Waals surface area contributed by atoms with Gasteiger partial charge in [-0.1, -0.05) is 20.8 Å². The Bertz CT molecular complexity index is 203. The quantitative estimate of drug-likeness (QED) is 0.636. The number of alkyl carbamates (subject to hydrolysis) is 1. The van der Waals surface area contributed by atoms with Crippen LogP contribution < -0.4 is 5.32 Å². The highest BCUT2D eigenvalue weighted by Gasteiger charge is 2.06. The van der Waals surface area contributed by atoms with Gasteiger partial charge in [0.25, 0.3) is 0 Å². The maximum atomic E-state index is 11.3. The number of hydrogen-bond donors (Lipinski definition) is 1. The predicted molar refractivity (Wildman–Crippen MR) is 73.4 cm³/mol. The fraction of sp³-hybridized carbons (Fsp3) is 0.923. The predicted octanol–water partition coefficient (Wildman–Crippen LogP) is 2.88. The van der Waals surface area contributed by atoms with E-state index >= 15 is 0 Å². The first-order valence-electron chi connectivity index (χ1n) is 6.80. The second-order valence-electron chi connectivity index (χ2n) is 4.34. The first-order valence-corrected chi connectivity index (χ1v) is 6.80. The van der Waals surface area contributed by atoms with Crippen LogP contribution in [0.15, 0.2) is 0 Å². The van der Waals surface area contributed by atoms with Gasteiger partial charge >= 0.3 is 6.09 Å². The highest BCUT2D eigenvalue weighted by molar-refractivity contribution is 5.67. The molecule has 0 aliphatic carbocycles. The number of ether oxygens (including phenoxy) is 1. The highest BCUT2D eigenvalue weighted by Crippen LogP contribution is 1.96. The maximum Gasteiger partial charge on any atom is 0.407 e. The fourth-order valence-corrected chi connectivity index (χ4v) is 1.55. The summed E-state index contributed by atoms with van der Waals surface area (Å²) >= 11 is 0. The van der Waals surface area contributed by atoms with Gasteiger partial charge in [0.05, 0.1) is 0 Å². The van der Waals surface area contributed by atoms with E-state index in [4.69, 9.17) is 4.74 Å². The molecule has 0 aromatic rings. The molecule has 0 spiro atoms. The van der Waals surface area contributed by atoms with Crippen molar-refractivity contribution in [1.82, 2.24) is 10.2 Å². The lowest BCUT2D eigenvalue weighted by molar-refractivity contribution is 0.104. The van der Waals surface area contributed by atoms with Crippen LogP contribution in [0.1, 0.15) is 48.4 Å². The zero-order valence-electron chi connectivity index (χ0n) is 11.8. The molecular weight excluding hydrogens is 216 g/mol. The van der Waals surface area contributed by atoms with Crippen LogP contribution in [0.3, 0.4) is 0 Å². The Labute approximate surface area is 107 Å². The molecule has 0 saturated heterocycles. The van der Waals surface area contributed by atoms with Crippen LogP contribution in [0, 0.1) is 0 Å². The van der Waals surface area contributed by atoms with E-state index in [1.807, 2.05) is 13.8 Å². The van der Waals surface area contributed by atoms with E-state index in [0.29, 0.717) is 6.54 Å². The lowest BCUT2D eigenvalue weighted by Crippen LogP contribution is -2.32. The minimum atomic E-state index is -0.294. The SMILES string of the molecule is CCCN(CC)CCCNC(=O)OC(C)CC.[HH]. The summed E-state index contributed by atoms with van der Waals surface area (Å²) in [6, 6.07) is 0. The number of nitrogens with zero attached hydrogens (tertiary/aromatic N) is 1. The van der Waals surface area contributed by atoms with Crippen molar-refractivity contribution in [3.8, 4) is 0 Å². The molecule has 0 fully saturated rings. The van der Waals surface area contributed by atoms with Crippen molar-refractivity contribution in [3.63, 3.8) is 0 Å². The molecule has 1 atom stereocenters. The second kappa shape index (κ2) is 10.4. The number of carbonyl (C=O) groups excluding carboxylic acids is 1. The van der Waals surface area contributed by atoms with E-state index in [0.717, 1.165) is 32.5 Å². The Balaban J connectivity index is 0. The van der Waals surface area contributed by atoms with E-state index in [-0.39, 0.29) is 13.6 Å². The first kappa shape index (κ1) is 16.2. The van der Waals surface area contributed by atoms with Gasteiger partial charge in [-0.25, -0.2) is 4.79 Å². The zero-order valence-corrected chi connectivity index (χ0v) is 11.8. The monoisotopic (exact) mass is 246 g/mol. The average molecular weight is 246 g/mol. The molecule has 0 rings (SSSR count). The first-order chi connectivity index (χ1) is 8.13. The van der Waals surface area contributed by atoms with E-state index in [9.17, 15) is 4.79 Å². The molecule has 4 heteroatoms. The van der Waals surface area contributed by atoms with Crippen molar-refractivity contribution < 1.29 is 11.0 Å². The van der Waals surface area contributed by atoms with Crippen molar-refractivity contribution in [2.24, 2.45) is 0 Å². The van der Waals surface area contributed by atoms with E-state index < -0.39 is 0 Å². The molecule has 0 bridgehead atoms. The molecule has 104 valence electrons. The zero-order chi connectivity index (χ0) is 13.1. The second-order valence-corrected chi connectivity index (χ2v) is 4.34. The molecule has 1 unspecified atom stereocenters. The van der Waals surface area contributed by atoms with Crippen molar-refractivity contribution in [2.45, 2.75) is 53.1 Å². The summed E-state index contributed by atoms with van der Waals surface area (Å²) in [5, 5.41) is 2.78. The molecule has 1 amide bonds. The van der Waals surface area contributed by atoms with Gasteiger partial charge in [-0.15, -0.1) is 0 Å². The van der Waals surface area contributed by atoms with Gasteiger partial charge in [0, 0.05) is 7.97 Å². The topological polar surface area (TPSA) is 41.6 Å². The Morgan fingerprint density at radius 2 is 2.06 bits per heavy atom. The van der Waals surface area contributed by atoms with Crippen molar-refractivity contribution in [1.29, 1.82) is 0 Å². The van der Waals surface area contributed by atoms with Crippen LogP contribution in [-0.2, 0) is 4.74 Å². The van der Waals surface area contributed by atoms with Gasteiger partial charge in [0.15, 0.2) is 0 Å². The van der Waals surface area contributed by atoms with Gasteiger partial charge in [-0.2, -0.15) is 0 Å². The van der Waals surface area contributed by atoms with Crippen LogP contribution in [0.4, 0.5) is 4.79 Å². The lowest BCUT2D eigenvalue weighted by Gasteiger charge is -2.19. The summed E-state index contributed by atoms with van der Waals surface area (Å²) in [6.45, 7) is 12.2. The summed E-state index contributed by atoms with van der Waals surface area (Å²) in [4.78, 5) is 13.7. The van der Waals surface area contributed by atoms with Crippen LogP contribution in [0.5, 0.6) is 0 Å². The van der Waals surface area contributed by atoms with Crippen LogP contribution in [0.2, 0.25) is 0 Å². The molecule has 17 heavy (non-hydrogen) atoms. The Kier molecular flexibility index (Phi) is 9.92. The third-order valence-corrected chi connectivity index (χ3v) is 2.79. The largest absolute Gasteiger partial charge is 0.447 e. The minimum Gasteiger partial charge on any atom is -0.447 e. The van der Waals surface area contributed by atoms with Crippen molar-refractivity contribution >= 4 is 6.09 Å². The van der Waals surface area contributed by atoms with Crippen LogP contribution in [0.25, 0.3) is 0 Å². The number of amides is 1. The minimum absolute atomic E-state index is 0. The molecule has 0 saturated carbocycles. The smallest absolute Gasteiger partial charge is 0.407 e. The van der Waals surface area contributed by atoms with Crippen molar-refractivity contribution in [2.75, 3.05) is 26.2 Å². The van der Waals surface area contributed by atoms with Crippen LogP contribution >= 0.6 is 0 Å². The van der Waals surface area contributed by atoms with Gasteiger partial charge < -0.3 is 15.0 Å². The van der Waals surface area contributed by atoms with Gasteiger partial charge in [0.1, 0.15) is 6.10 Å². The Morgan fingerprint density at radius 3 is 2.59 bits per heavy atom. The Hall–Kier alpha value is -0.770. The molecule has 0 aromatic carbocycles. The lowest BCUT2D eigenvalue weighted by atomic mass is 10.3. The molecule has 0 aromatic heterocycles. The number of hydrogen-bond acceptors (Lipinski definition) is 3. The highest BCUT2D eigenvalue weighted by atomic mass is 16.6. The third-order valence-electron chi connectivity index (χ3n) is 2.79. The molecule has 4 nitrogen and oxygen atoms in total. The van der Waals surface area contributed by atoms with Crippen molar-refractivity contribution in [3.05, 3.63) is 0 Å². The van der Waals surface area contributed by atoms with Gasteiger partial charge in [-0.3, -0.25) is 0 Å². The molecule has 0 aliphatic rings. The molecule has 0 aliphatic heterocycles. The van der Waals surface area contributed by atoms with E-state index in [1.165, 1.54) is 6.42 Å². The van der Waals surface area contributed by atoms with E-state index in [2.05, 4.69) is 24.1 Å². The van der Waals surface area contributed by atoms with Crippen LogP contribution in [-0.4, -0.2) is 43.3 Å². The third kappa shape index (κ3) is 8.98. The summed E-state index contributed by atoms with van der Waals surface area (Å²) in [5.74, 6) is 0. The number of nitrogens with one attached hydrogen (secondary N) is 1. The summed E-state index contributed by atoms with van der Waals surface area (Å²) < 4.78 is 5.12. The number of carbonyl (C=O) groups is 1. The normalized spacial score (nSPS) is 12.5. The summed E-state index contributed by atoms with van der Waals surface area (Å²) in [6.07, 6.45) is 2.72. The summed E-state index contributed by atoms with van der Waals surface area (Å²) in [5.41, 5.74) is 0. The molecule has 0 radical (unpaired) electrons. The number of rotatable bonds is 9. The van der Waals surface area contributed by atoms with Gasteiger partial charge in [-0.05, 0) is 45.8 Å². The van der Waals surface area contributed by atoms with E-state index in [1.54, 1.807) is 0 Å². The molecule has 0 heterocycles. The average Bonchev–Trinajstić information content (AvgIpc) is 2.32. The Morgan fingerprint density at radius 1 is 1.35 bits per heavy atom. The van der Waals surface area contributed by atoms with Gasteiger partial charge in [0.2, 0.25) is 0 Å². The maximum absolute atomic E-state index is 11.3. The molecule has 1 N–H and O–H groups in total. The fourth-order valence-electron chi connectivity index (χ4n) is 1.55. The summed E-state index contributed by atoms with van der Waals surface area (Å²) in [7, 11) is 0.